The van der Waals surface area contributed by atoms with Gasteiger partial charge in [-0.2, -0.15) is 0 Å². The molecule has 0 spiro atoms. The number of hydrogen-bond acceptors (Lipinski definition) is 2. The standard InChI is InChI=1S/C16H32O2.2C2H6.CH4/c1-8-9-14(17)18-12-16(7,10-13(2)3)11-15(4,5)6;2*1-2;/h13H,8-12H2,1-7H3;2*1-2H3;1H4. The zero-order valence-corrected chi connectivity index (χ0v) is 17.4. The molecule has 0 N–H and O–H groups in total. The predicted molar refractivity (Wildman–Crippen MR) is 107 cm³/mol. The van der Waals surface area contributed by atoms with Crippen LogP contribution in [0.25, 0.3) is 0 Å². The first kappa shape index (κ1) is 30.4. The Morgan fingerprint density at radius 3 is 1.74 bits per heavy atom. The van der Waals surface area contributed by atoms with E-state index in [9.17, 15) is 4.79 Å². The summed E-state index contributed by atoms with van der Waals surface area (Å²) in [5.74, 6) is 0.573. The first-order valence-electron chi connectivity index (χ1n) is 9.23. The largest absolute Gasteiger partial charge is 0.465 e. The Kier molecular flexibility index (Phi) is 21.6. The zero-order chi connectivity index (χ0) is 18.4. The van der Waals surface area contributed by atoms with Gasteiger partial charge in [-0.05, 0) is 30.6 Å². The molecule has 0 aliphatic heterocycles. The zero-order valence-electron chi connectivity index (χ0n) is 17.4. The van der Waals surface area contributed by atoms with Crippen molar-refractivity contribution >= 4 is 5.97 Å². The highest BCUT2D eigenvalue weighted by molar-refractivity contribution is 5.69. The summed E-state index contributed by atoms with van der Waals surface area (Å²) in [6, 6.07) is 0. The molecule has 144 valence electrons. The van der Waals surface area contributed by atoms with Gasteiger partial charge in [0.2, 0.25) is 0 Å². The minimum absolute atomic E-state index is 0. The number of carbonyl (C=O) groups excluding carboxylic acids is 1. The Hall–Kier alpha value is -0.530. The summed E-state index contributed by atoms with van der Waals surface area (Å²) >= 11 is 0. The molecule has 23 heavy (non-hydrogen) atoms. The molecule has 0 bridgehead atoms. The van der Waals surface area contributed by atoms with Crippen LogP contribution in [0.2, 0.25) is 0 Å². The molecule has 0 amide bonds. The molecule has 0 radical (unpaired) electrons. The number of hydrogen-bond donors (Lipinski definition) is 0. The van der Waals surface area contributed by atoms with Gasteiger partial charge >= 0.3 is 5.97 Å². The Morgan fingerprint density at radius 2 is 1.43 bits per heavy atom. The molecule has 1 unspecified atom stereocenters. The normalized spacial score (nSPS) is 12.7. The number of carbonyl (C=O) groups is 1. The summed E-state index contributed by atoms with van der Waals surface area (Å²) in [5.41, 5.74) is 0.358. The highest BCUT2D eigenvalue weighted by atomic mass is 16.5. The molecule has 0 rings (SSSR count). The fourth-order valence-electron chi connectivity index (χ4n) is 2.98. The molecule has 0 saturated heterocycles. The van der Waals surface area contributed by atoms with Crippen LogP contribution >= 0.6 is 0 Å². The monoisotopic (exact) mass is 332 g/mol. The summed E-state index contributed by atoms with van der Waals surface area (Å²) in [5, 5.41) is 0. The van der Waals surface area contributed by atoms with Gasteiger partial charge in [0.05, 0.1) is 6.61 Å². The first-order chi connectivity index (χ1) is 10.1. The molecule has 0 aliphatic carbocycles. The molecule has 0 aromatic carbocycles. The molecule has 0 heterocycles. The molecular weight excluding hydrogens is 284 g/mol. The molecule has 0 aliphatic rings. The highest BCUT2D eigenvalue weighted by Crippen LogP contribution is 2.38. The molecule has 2 heteroatoms. The summed E-state index contributed by atoms with van der Waals surface area (Å²) in [6.07, 6.45) is 3.58. The Bertz CT molecular complexity index is 251. The number of ether oxygens (including phenoxy) is 1. The lowest BCUT2D eigenvalue weighted by Gasteiger charge is -2.36. The van der Waals surface area contributed by atoms with Crippen molar-refractivity contribution in [3.05, 3.63) is 0 Å². The average molecular weight is 333 g/mol. The second-order valence-electron chi connectivity index (χ2n) is 7.56. The van der Waals surface area contributed by atoms with Crippen LogP contribution in [0.5, 0.6) is 0 Å². The number of rotatable bonds is 7. The van der Waals surface area contributed by atoms with Crippen LogP contribution < -0.4 is 0 Å². The first-order valence-corrected chi connectivity index (χ1v) is 9.23. The Labute approximate surface area is 148 Å². The van der Waals surface area contributed by atoms with Crippen LogP contribution in [-0.2, 0) is 9.53 Å². The minimum Gasteiger partial charge on any atom is -0.465 e. The van der Waals surface area contributed by atoms with Crippen molar-refractivity contribution in [1.82, 2.24) is 0 Å². The van der Waals surface area contributed by atoms with E-state index in [1.54, 1.807) is 0 Å². The van der Waals surface area contributed by atoms with Crippen molar-refractivity contribution in [3.8, 4) is 0 Å². The van der Waals surface area contributed by atoms with Gasteiger partial charge in [0.1, 0.15) is 0 Å². The maximum atomic E-state index is 11.5. The summed E-state index contributed by atoms with van der Waals surface area (Å²) in [6.45, 7) is 24.0. The van der Waals surface area contributed by atoms with Gasteiger partial charge in [0, 0.05) is 11.8 Å². The van der Waals surface area contributed by atoms with Gasteiger partial charge < -0.3 is 4.74 Å². The van der Waals surface area contributed by atoms with Crippen molar-refractivity contribution < 1.29 is 9.53 Å². The topological polar surface area (TPSA) is 26.3 Å². The SMILES string of the molecule is C.CC.CC.CCCC(=O)OCC(C)(CC(C)C)CC(C)(C)C. The molecule has 0 aromatic heterocycles. The van der Waals surface area contributed by atoms with Crippen LogP contribution in [0.4, 0.5) is 0 Å². The third kappa shape index (κ3) is 21.5. The number of esters is 1. The van der Waals surface area contributed by atoms with Crippen LogP contribution in [-0.4, -0.2) is 12.6 Å². The maximum absolute atomic E-state index is 11.5. The highest BCUT2D eigenvalue weighted by Gasteiger charge is 2.32. The van der Waals surface area contributed by atoms with Gasteiger partial charge in [-0.25, -0.2) is 0 Å². The second-order valence-corrected chi connectivity index (χ2v) is 7.56. The molecule has 0 fully saturated rings. The third-order valence-electron chi connectivity index (χ3n) is 2.89. The second kappa shape index (κ2) is 16.3. The maximum Gasteiger partial charge on any atom is 0.305 e. The van der Waals surface area contributed by atoms with Crippen molar-refractivity contribution in [3.63, 3.8) is 0 Å². The van der Waals surface area contributed by atoms with Crippen LogP contribution in [0, 0.1) is 16.7 Å². The van der Waals surface area contributed by atoms with Crippen molar-refractivity contribution in [1.29, 1.82) is 0 Å². The van der Waals surface area contributed by atoms with Gasteiger partial charge in [0.15, 0.2) is 0 Å². The quantitative estimate of drug-likeness (QED) is 0.451. The lowest BCUT2D eigenvalue weighted by Crippen LogP contribution is -2.31. The summed E-state index contributed by atoms with van der Waals surface area (Å²) in [7, 11) is 0. The van der Waals surface area contributed by atoms with Gasteiger partial charge in [0.25, 0.3) is 0 Å². The molecule has 2 nitrogen and oxygen atoms in total. The summed E-state index contributed by atoms with van der Waals surface area (Å²) < 4.78 is 5.46. The Balaban J connectivity index is -0.000000332. The minimum atomic E-state index is -0.0543. The average Bonchev–Trinajstić information content (AvgIpc) is 2.38. The van der Waals surface area contributed by atoms with Gasteiger partial charge in [-0.3, -0.25) is 4.79 Å². The smallest absolute Gasteiger partial charge is 0.305 e. The fourth-order valence-corrected chi connectivity index (χ4v) is 2.98. The van der Waals surface area contributed by atoms with Crippen LogP contribution in [0.15, 0.2) is 0 Å². The van der Waals surface area contributed by atoms with E-state index in [-0.39, 0.29) is 24.2 Å². The van der Waals surface area contributed by atoms with E-state index in [1.165, 1.54) is 0 Å². The van der Waals surface area contributed by atoms with E-state index in [0.717, 1.165) is 19.3 Å². The third-order valence-corrected chi connectivity index (χ3v) is 2.89. The van der Waals surface area contributed by atoms with Crippen LogP contribution in [0.3, 0.4) is 0 Å². The predicted octanol–water partition coefficient (Wildman–Crippen LogP) is 7.51. The van der Waals surface area contributed by atoms with E-state index in [0.29, 0.717) is 18.9 Å². The Morgan fingerprint density at radius 1 is 1.00 bits per heavy atom. The van der Waals surface area contributed by atoms with E-state index >= 15 is 0 Å². The van der Waals surface area contributed by atoms with Gasteiger partial charge in [-0.1, -0.05) is 83.6 Å². The molecule has 0 aromatic rings. The van der Waals surface area contributed by atoms with E-state index in [2.05, 4.69) is 41.5 Å². The lowest BCUT2D eigenvalue weighted by atomic mass is 9.71. The van der Waals surface area contributed by atoms with Gasteiger partial charge in [-0.15, -0.1) is 0 Å². The lowest BCUT2D eigenvalue weighted by molar-refractivity contribution is -0.148. The van der Waals surface area contributed by atoms with Crippen molar-refractivity contribution in [2.75, 3.05) is 6.61 Å². The van der Waals surface area contributed by atoms with Crippen LogP contribution in [0.1, 0.15) is 109 Å². The molecular formula is C21H48O2. The van der Waals surface area contributed by atoms with Crippen molar-refractivity contribution in [2.45, 2.75) is 109 Å². The van der Waals surface area contributed by atoms with E-state index in [1.807, 2.05) is 34.6 Å². The summed E-state index contributed by atoms with van der Waals surface area (Å²) in [4.78, 5) is 11.5. The van der Waals surface area contributed by atoms with E-state index in [4.69, 9.17) is 4.74 Å². The van der Waals surface area contributed by atoms with E-state index < -0.39 is 0 Å². The molecule has 1 atom stereocenters. The fraction of sp³-hybridized carbons (Fsp3) is 0.952. The van der Waals surface area contributed by atoms with Crippen molar-refractivity contribution in [2.24, 2.45) is 16.7 Å². The molecule has 0 saturated carbocycles.